The summed E-state index contributed by atoms with van der Waals surface area (Å²) >= 11 is 0. The van der Waals surface area contributed by atoms with E-state index in [1.54, 1.807) is 18.2 Å². The fourth-order valence-corrected chi connectivity index (χ4v) is 1.64. The predicted molar refractivity (Wildman–Crippen MR) is 77.1 cm³/mol. The SMILES string of the molecule is N#Cc1cccc(NCCC(=O)Nc2ccccc2)n1. The van der Waals surface area contributed by atoms with Crippen molar-refractivity contribution in [3.05, 3.63) is 54.2 Å². The number of para-hydroxylation sites is 1. The standard InChI is InChI=1S/C15H14N4O/c16-11-13-7-4-8-14(18-13)17-10-9-15(20)19-12-5-2-1-3-6-12/h1-8H,9-10H2,(H,17,18)(H,19,20). The van der Waals surface area contributed by atoms with Gasteiger partial charge in [0.25, 0.3) is 0 Å². The Morgan fingerprint density at radius 3 is 2.70 bits per heavy atom. The zero-order valence-electron chi connectivity index (χ0n) is 10.8. The highest BCUT2D eigenvalue weighted by atomic mass is 16.1. The van der Waals surface area contributed by atoms with E-state index in [9.17, 15) is 4.79 Å². The first-order chi connectivity index (χ1) is 9.78. The van der Waals surface area contributed by atoms with Crippen LogP contribution in [-0.4, -0.2) is 17.4 Å². The molecule has 0 aliphatic carbocycles. The van der Waals surface area contributed by atoms with E-state index in [1.807, 2.05) is 36.4 Å². The summed E-state index contributed by atoms with van der Waals surface area (Å²) in [5.74, 6) is 0.525. The number of anilines is 2. The van der Waals surface area contributed by atoms with Crippen LogP contribution in [-0.2, 0) is 4.79 Å². The predicted octanol–water partition coefficient (Wildman–Crippen LogP) is 2.39. The number of carbonyl (C=O) groups is 1. The monoisotopic (exact) mass is 266 g/mol. The second-order valence-corrected chi connectivity index (χ2v) is 4.11. The number of nitrogens with zero attached hydrogens (tertiary/aromatic N) is 2. The molecule has 0 radical (unpaired) electrons. The summed E-state index contributed by atoms with van der Waals surface area (Å²) in [5, 5.41) is 14.5. The molecule has 5 nitrogen and oxygen atoms in total. The maximum absolute atomic E-state index is 11.7. The summed E-state index contributed by atoms with van der Waals surface area (Å²) in [5.41, 5.74) is 1.13. The van der Waals surface area contributed by atoms with Gasteiger partial charge < -0.3 is 10.6 Å². The maximum atomic E-state index is 11.7. The van der Waals surface area contributed by atoms with E-state index >= 15 is 0 Å². The number of benzene rings is 1. The summed E-state index contributed by atoms with van der Waals surface area (Å²) < 4.78 is 0. The topological polar surface area (TPSA) is 77.8 Å². The maximum Gasteiger partial charge on any atom is 0.226 e. The first-order valence-corrected chi connectivity index (χ1v) is 6.24. The summed E-state index contributed by atoms with van der Waals surface area (Å²) in [4.78, 5) is 15.8. The van der Waals surface area contributed by atoms with E-state index in [0.29, 0.717) is 24.5 Å². The van der Waals surface area contributed by atoms with E-state index in [-0.39, 0.29) is 5.91 Å². The molecule has 1 heterocycles. The van der Waals surface area contributed by atoms with Crippen LogP contribution in [0.1, 0.15) is 12.1 Å². The van der Waals surface area contributed by atoms with Gasteiger partial charge in [0.2, 0.25) is 5.91 Å². The van der Waals surface area contributed by atoms with E-state index in [0.717, 1.165) is 5.69 Å². The van der Waals surface area contributed by atoms with Gasteiger partial charge in [0.1, 0.15) is 17.6 Å². The van der Waals surface area contributed by atoms with E-state index < -0.39 is 0 Å². The Kier molecular flexibility index (Phi) is 4.68. The Labute approximate surface area is 117 Å². The lowest BCUT2D eigenvalue weighted by atomic mass is 10.3. The molecule has 0 atom stereocenters. The number of pyridine rings is 1. The molecule has 0 saturated heterocycles. The molecular formula is C15H14N4O. The van der Waals surface area contributed by atoms with E-state index in [2.05, 4.69) is 15.6 Å². The van der Waals surface area contributed by atoms with E-state index in [4.69, 9.17) is 5.26 Å². The second kappa shape index (κ2) is 6.90. The van der Waals surface area contributed by atoms with Gasteiger partial charge in [-0.3, -0.25) is 4.79 Å². The number of amides is 1. The molecule has 1 aromatic carbocycles. The Hall–Kier alpha value is -2.87. The third-order valence-electron chi connectivity index (χ3n) is 2.58. The first-order valence-electron chi connectivity index (χ1n) is 6.24. The minimum atomic E-state index is -0.0693. The Morgan fingerprint density at radius 2 is 1.95 bits per heavy atom. The van der Waals surface area contributed by atoms with Crippen molar-refractivity contribution in [3.63, 3.8) is 0 Å². The van der Waals surface area contributed by atoms with Crippen LogP contribution in [0.25, 0.3) is 0 Å². The average molecular weight is 266 g/mol. The highest BCUT2D eigenvalue weighted by Gasteiger charge is 2.02. The fraction of sp³-hybridized carbons (Fsp3) is 0.133. The molecule has 20 heavy (non-hydrogen) atoms. The van der Waals surface area contributed by atoms with E-state index in [1.165, 1.54) is 0 Å². The molecular weight excluding hydrogens is 252 g/mol. The molecule has 2 aromatic rings. The number of aromatic nitrogens is 1. The lowest BCUT2D eigenvalue weighted by Gasteiger charge is -2.07. The third-order valence-corrected chi connectivity index (χ3v) is 2.58. The van der Waals surface area contributed by atoms with Crippen molar-refractivity contribution in [1.82, 2.24) is 4.98 Å². The van der Waals surface area contributed by atoms with Crippen LogP contribution in [0.5, 0.6) is 0 Å². The number of hydrogen-bond acceptors (Lipinski definition) is 4. The van der Waals surface area contributed by atoms with Gasteiger partial charge in [0.15, 0.2) is 0 Å². The number of hydrogen-bond donors (Lipinski definition) is 2. The quantitative estimate of drug-likeness (QED) is 0.871. The van der Waals surface area contributed by atoms with Gasteiger partial charge in [0, 0.05) is 18.7 Å². The van der Waals surface area contributed by atoms with Crippen molar-refractivity contribution in [3.8, 4) is 6.07 Å². The van der Waals surface area contributed by atoms with Gasteiger partial charge in [0.05, 0.1) is 0 Å². The van der Waals surface area contributed by atoms with Crippen LogP contribution in [0.15, 0.2) is 48.5 Å². The van der Waals surface area contributed by atoms with Crippen molar-refractivity contribution in [2.75, 3.05) is 17.2 Å². The molecule has 0 aliphatic heterocycles. The average Bonchev–Trinajstić information content (AvgIpc) is 2.48. The van der Waals surface area contributed by atoms with Gasteiger partial charge in [-0.1, -0.05) is 24.3 Å². The molecule has 0 fully saturated rings. The number of nitriles is 1. The smallest absolute Gasteiger partial charge is 0.226 e. The van der Waals surface area contributed by atoms with Gasteiger partial charge in [-0.2, -0.15) is 5.26 Å². The van der Waals surface area contributed by atoms with Crippen molar-refractivity contribution in [2.45, 2.75) is 6.42 Å². The molecule has 2 N–H and O–H groups in total. The molecule has 100 valence electrons. The number of nitrogens with one attached hydrogen (secondary N) is 2. The zero-order chi connectivity index (χ0) is 14.2. The first kappa shape index (κ1) is 13.6. The molecule has 0 spiro atoms. The molecule has 0 aliphatic rings. The van der Waals surface area contributed by atoms with Crippen molar-refractivity contribution in [2.24, 2.45) is 0 Å². The number of carbonyl (C=O) groups excluding carboxylic acids is 1. The van der Waals surface area contributed by atoms with Gasteiger partial charge in [-0.25, -0.2) is 4.98 Å². The molecule has 1 aromatic heterocycles. The number of rotatable bonds is 5. The van der Waals surface area contributed by atoms with Gasteiger partial charge in [-0.05, 0) is 24.3 Å². The lowest BCUT2D eigenvalue weighted by Crippen LogP contribution is -2.16. The van der Waals surface area contributed by atoms with Crippen LogP contribution in [0.2, 0.25) is 0 Å². The third kappa shape index (κ3) is 4.10. The minimum absolute atomic E-state index is 0.0693. The van der Waals surface area contributed by atoms with Gasteiger partial charge >= 0.3 is 0 Å². The van der Waals surface area contributed by atoms with Crippen LogP contribution in [0, 0.1) is 11.3 Å². The van der Waals surface area contributed by atoms with Crippen molar-refractivity contribution in [1.29, 1.82) is 5.26 Å². The van der Waals surface area contributed by atoms with Crippen molar-refractivity contribution >= 4 is 17.4 Å². The Balaban J connectivity index is 1.78. The Morgan fingerprint density at radius 1 is 1.15 bits per heavy atom. The minimum Gasteiger partial charge on any atom is -0.370 e. The largest absolute Gasteiger partial charge is 0.370 e. The molecule has 0 unspecified atom stereocenters. The molecule has 0 bridgehead atoms. The van der Waals surface area contributed by atoms with Crippen LogP contribution < -0.4 is 10.6 Å². The zero-order valence-corrected chi connectivity index (χ0v) is 10.8. The van der Waals surface area contributed by atoms with Crippen LogP contribution >= 0.6 is 0 Å². The normalized spacial score (nSPS) is 9.55. The molecule has 2 rings (SSSR count). The molecule has 1 amide bonds. The van der Waals surface area contributed by atoms with Crippen LogP contribution in [0.3, 0.4) is 0 Å². The summed E-state index contributed by atoms with van der Waals surface area (Å²) in [7, 11) is 0. The Bertz CT molecular complexity index is 619. The summed E-state index contributed by atoms with van der Waals surface area (Å²) in [6.07, 6.45) is 0.327. The summed E-state index contributed by atoms with van der Waals surface area (Å²) in [6.45, 7) is 0.459. The van der Waals surface area contributed by atoms with Crippen LogP contribution in [0.4, 0.5) is 11.5 Å². The molecule has 0 saturated carbocycles. The molecule has 5 heteroatoms. The highest BCUT2D eigenvalue weighted by Crippen LogP contribution is 2.06. The second-order valence-electron chi connectivity index (χ2n) is 4.11. The summed E-state index contributed by atoms with van der Waals surface area (Å²) in [6, 6.07) is 16.4. The fourth-order valence-electron chi connectivity index (χ4n) is 1.64. The van der Waals surface area contributed by atoms with Gasteiger partial charge in [-0.15, -0.1) is 0 Å². The van der Waals surface area contributed by atoms with Crippen molar-refractivity contribution < 1.29 is 4.79 Å². The lowest BCUT2D eigenvalue weighted by molar-refractivity contribution is -0.115. The highest BCUT2D eigenvalue weighted by molar-refractivity contribution is 5.90.